The second kappa shape index (κ2) is 6.79. The van der Waals surface area contributed by atoms with E-state index in [-0.39, 0.29) is 17.4 Å². The smallest absolute Gasteiger partial charge is 0.278 e. The number of aromatic nitrogens is 2. The van der Waals surface area contributed by atoms with Gasteiger partial charge in [-0.25, -0.2) is 9.97 Å². The van der Waals surface area contributed by atoms with Gasteiger partial charge in [-0.2, -0.15) is 0 Å². The zero-order chi connectivity index (χ0) is 15.4. The normalized spacial score (nSPS) is 14.9. The lowest BCUT2D eigenvalue weighted by Crippen LogP contribution is -2.17. The van der Waals surface area contributed by atoms with Crippen LogP contribution in [0.5, 0.6) is 0 Å². The van der Waals surface area contributed by atoms with E-state index in [2.05, 4.69) is 15.3 Å². The van der Waals surface area contributed by atoms with Crippen LogP contribution in [-0.2, 0) is 0 Å². The third-order valence-electron chi connectivity index (χ3n) is 3.67. The first kappa shape index (κ1) is 14.8. The lowest BCUT2D eigenvalue weighted by molar-refractivity contribution is 0.102. The monoisotopic (exact) mass is 314 g/mol. The third-order valence-corrected chi connectivity index (χ3v) is 5.09. The number of para-hydroxylation sites is 1. The zero-order valence-electron chi connectivity index (χ0n) is 12.2. The standard InChI is InChI=1S/C16H18N4OS/c17-15-14(18-9-10-19-15)16(21)20-12-7-3-4-8-13(12)22-11-5-1-2-6-11/h3-4,7-11H,1-2,5-6H2,(H2,17,19)(H,20,21). The van der Waals surface area contributed by atoms with Gasteiger partial charge in [0.2, 0.25) is 0 Å². The molecule has 1 amide bonds. The van der Waals surface area contributed by atoms with Crippen LogP contribution in [0.15, 0.2) is 41.6 Å². The van der Waals surface area contributed by atoms with Crippen LogP contribution in [0.4, 0.5) is 11.5 Å². The number of hydrogen-bond donors (Lipinski definition) is 2. The zero-order valence-corrected chi connectivity index (χ0v) is 13.0. The van der Waals surface area contributed by atoms with Crippen molar-refractivity contribution in [2.45, 2.75) is 35.8 Å². The second-order valence-electron chi connectivity index (χ2n) is 5.26. The fraction of sp³-hybridized carbons (Fsp3) is 0.312. The van der Waals surface area contributed by atoms with E-state index in [4.69, 9.17) is 5.73 Å². The molecular weight excluding hydrogens is 296 g/mol. The molecule has 1 fully saturated rings. The summed E-state index contributed by atoms with van der Waals surface area (Å²) in [5.74, 6) is -0.189. The summed E-state index contributed by atoms with van der Waals surface area (Å²) in [5.41, 5.74) is 6.66. The number of amides is 1. The number of anilines is 2. The van der Waals surface area contributed by atoms with Crippen molar-refractivity contribution in [2.75, 3.05) is 11.1 Å². The molecule has 114 valence electrons. The Morgan fingerprint density at radius 1 is 1.18 bits per heavy atom. The third kappa shape index (κ3) is 3.39. The van der Waals surface area contributed by atoms with E-state index in [9.17, 15) is 4.79 Å². The van der Waals surface area contributed by atoms with Crippen LogP contribution in [-0.4, -0.2) is 21.1 Å². The topological polar surface area (TPSA) is 80.9 Å². The Bertz CT molecular complexity index is 671. The summed E-state index contributed by atoms with van der Waals surface area (Å²) in [6, 6.07) is 7.85. The Labute approximate surface area is 133 Å². The fourth-order valence-corrected chi connectivity index (χ4v) is 3.90. The van der Waals surface area contributed by atoms with Crippen molar-refractivity contribution in [2.24, 2.45) is 0 Å². The minimum absolute atomic E-state index is 0.140. The molecule has 0 radical (unpaired) electrons. The molecule has 3 rings (SSSR count). The first-order valence-corrected chi connectivity index (χ1v) is 8.25. The average Bonchev–Trinajstić information content (AvgIpc) is 3.02. The second-order valence-corrected chi connectivity index (χ2v) is 6.61. The highest BCUT2D eigenvalue weighted by Crippen LogP contribution is 2.38. The number of carbonyl (C=O) groups is 1. The van der Waals surface area contributed by atoms with Gasteiger partial charge in [-0.3, -0.25) is 4.79 Å². The van der Waals surface area contributed by atoms with E-state index >= 15 is 0 Å². The Balaban J connectivity index is 1.77. The molecule has 0 saturated heterocycles. The van der Waals surface area contributed by atoms with Crippen LogP contribution in [0.2, 0.25) is 0 Å². The van der Waals surface area contributed by atoms with Gasteiger partial charge in [-0.1, -0.05) is 25.0 Å². The van der Waals surface area contributed by atoms with Gasteiger partial charge in [0.25, 0.3) is 5.91 Å². The summed E-state index contributed by atoms with van der Waals surface area (Å²) < 4.78 is 0. The number of nitrogen functional groups attached to an aromatic ring is 1. The lowest BCUT2D eigenvalue weighted by Gasteiger charge is -2.14. The largest absolute Gasteiger partial charge is 0.382 e. The number of rotatable bonds is 4. The number of carbonyl (C=O) groups excluding carboxylic acids is 1. The molecule has 6 heteroatoms. The number of hydrogen-bond acceptors (Lipinski definition) is 5. The average molecular weight is 314 g/mol. The maximum atomic E-state index is 12.3. The van der Waals surface area contributed by atoms with Gasteiger partial charge in [-0.05, 0) is 25.0 Å². The molecule has 1 heterocycles. The Kier molecular flexibility index (Phi) is 4.58. The van der Waals surface area contributed by atoms with Crippen LogP contribution in [0.1, 0.15) is 36.2 Å². The summed E-state index contributed by atoms with van der Waals surface area (Å²) in [6.07, 6.45) is 8.00. The molecule has 22 heavy (non-hydrogen) atoms. The summed E-state index contributed by atoms with van der Waals surface area (Å²) in [6.45, 7) is 0. The van der Waals surface area contributed by atoms with Gasteiger partial charge in [0.15, 0.2) is 11.5 Å². The first-order valence-electron chi connectivity index (χ1n) is 7.37. The van der Waals surface area contributed by atoms with Gasteiger partial charge in [-0.15, -0.1) is 11.8 Å². The van der Waals surface area contributed by atoms with Crippen LogP contribution >= 0.6 is 11.8 Å². The maximum Gasteiger partial charge on any atom is 0.278 e. The van der Waals surface area contributed by atoms with Crippen molar-refractivity contribution in [1.29, 1.82) is 0 Å². The Hall–Kier alpha value is -2.08. The van der Waals surface area contributed by atoms with Crippen LogP contribution in [0, 0.1) is 0 Å². The van der Waals surface area contributed by atoms with Crippen LogP contribution in [0.3, 0.4) is 0 Å². The number of benzene rings is 1. The van der Waals surface area contributed by atoms with Gasteiger partial charge in [0, 0.05) is 22.5 Å². The summed E-state index contributed by atoms with van der Waals surface area (Å²) in [5, 5.41) is 3.54. The molecule has 0 aliphatic heterocycles. The Morgan fingerprint density at radius 2 is 1.91 bits per heavy atom. The van der Waals surface area contributed by atoms with Crippen LogP contribution < -0.4 is 11.1 Å². The van der Waals surface area contributed by atoms with Gasteiger partial charge < -0.3 is 11.1 Å². The van der Waals surface area contributed by atoms with E-state index < -0.39 is 0 Å². The van der Waals surface area contributed by atoms with Crippen molar-refractivity contribution < 1.29 is 4.79 Å². The summed E-state index contributed by atoms with van der Waals surface area (Å²) >= 11 is 1.84. The molecule has 0 unspecified atom stereocenters. The highest BCUT2D eigenvalue weighted by Gasteiger charge is 2.19. The highest BCUT2D eigenvalue weighted by atomic mass is 32.2. The van der Waals surface area contributed by atoms with E-state index in [1.807, 2.05) is 36.0 Å². The molecule has 3 N–H and O–H groups in total. The number of thioether (sulfide) groups is 1. The van der Waals surface area contributed by atoms with Crippen molar-refractivity contribution in [1.82, 2.24) is 9.97 Å². The SMILES string of the molecule is Nc1nccnc1C(=O)Nc1ccccc1SC1CCCC1. The van der Waals surface area contributed by atoms with Crippen molar-refractivity contribution in [3.05, 3.63) is 42.4 Å². The highest BCUT2D eigenvalue weighted by molar-refractivity contribution is 8.00. The molecule has 5 nitrogen and oxygen atoms in total. The first-order chi connectivity index (χ1) is 10.7. The molecule has 2 aromatic rings. The number of nitrogens with zero attached hydrogens (tertiary/aromatic N) is 2. The molecule has 0 spiro atoms. The molecular formula is C16H18N4OS. The van der Waals surface area contributed by atoms with Gasteiger partial charge in [0.1, 0.15) is 0 Å². The van der Waals surface area contributed by atoms with Crippen LogP contribution in [0.25, 0.3) is 0 Å². The molecule has 1 aliphatic rings. The van der Waals surface area contributed by atoms with E-state index in [0.29, 0.717) is 5.25 Å². The predicted octanol–water partition coefficient (Wildman–Crippen LogP) is 3.35. The molecule has 1 saturated carbocycles. The predicted molar refractivity (Wildman–Crippen MR) is 89.0 cm³/mol. The van der Waals surface area contributed by atoms with Crippen molar-refractivity contribution in [3.8, 4) is 0 Å². The molecule has 1 aromatic carbocycles. The minimum atomic E-state index is -0.329. The van der Waals surface area contributed by atoms with E-state index in [1.165, 1.54) is 38.1 Å². The lowest BCUT2D eigenvalue weighted by atomic mass is 10.3. The maximum absolute atomic E-state index is 12.3. The molecule has 1 aromatic heterocycles. The summed E-state index contributed by atoms with van der Waals surface area (Å²) in [7, 11) is 0. The quantitative estimate of drug-likeness (QED) is 0.904. The van der Waals surface area contributed by atoms with Crippen molar-refractivity contribution >= 4 is 29.2 Å². The molecule has 1 aliphatic carbocycles. The van der Waals surface area contributed by atoms with E-state index in [0.717, 1.165) is 10.6 Å². The van der Waals surface area contributed by atoms with Crippen molar-refractivity contribution in [3.63, 3.8) is 0 Å². The molecule has 0 atom stereocenters. The fourth-order valence-electron chi connectivity index (χ4n) is 2.56. The number of nitrogens with one attached hydrogen (secondary N) is 1. The minimum Gasteiger partial charge on any atom is -0.382 e. The molecule has 0 bridgehead atoms. The van der Waals surface area contributed by atoms with Gasteiger partial charge >= 0.3 is 0 Å². The summed E-state index contributed by atoms with van der Waals surface area (Å²) in [4.78, 5) is 21.3. The number of nitrogens with two attached hydrogens (primary N) is 1. The van der Waals surface area contributed by atoms with Gasteiger partial charge in [0.05, 0.1) is 5.69 Å². The van der Waals surface area contributed by atoms with E-state index in [1.54, 1.807) is 0 Å². The Morgan fingerprint density at radius 3 is 2.68 bits per heavy atom.